The summed E-state index contributed by atoms with van der Waals surface area (Å²) in [4.78, 5) is 16.5. The maximum Gasteiger partial charge on any atom is 0.163 e. The fourth-order valence-corrected chi connectivity index (χ4v) is 3.02. The van der Waals surface area contributed by atoms with Crippen LogP contribution in [0.2, 0.25) is 0 Å². The van der Waals surface area contributed by atoms with Gasteiger partial charge in [0.25, 0.3) is 0 Å². The molecule has 26 heavy (non-hydrogen) atoms. The third-order valence-electron chi connectivity index (χ3n) is 4.36. The predicted molar refractivity (Wildman–Crippen MR) is 101 cm³/mol. The number of para-hydroxylation sites is 1. The largest absolute Gasteiger partial charge is 0.497 e. The highest BCUT2D eigenvalue weighted by Gasteiger charge is 2.16. The summed E-state index contributed by atoms with van der Waals surface area (Å²) in [7, 11) is 1.62. The van der Waals surface area contributed by atoms with Crippen molar-refractivity contribution in [2.24, 2.45) is 0 Å². The van der Waals surface area contributed by atoms with E-state index in [4.69, 9.17) is 9.72 Å². The van der Waals surface area contributed by atoms with Crippen LogP contribution in [0.1, 0.15) is 16.1 Å². The first-order valence-electron chi connectivity index (χ1n) is 8.26. The highest BCUT2D eigenvalue weighted by molar-refractivity contribution is 5.93. The van der Waals surface area contributed by atoms with Gasteiger partial charge in [-0.15, -0.1) is 0 Å². The average molecular weight is 343 g/mol. The van der Waals surface area contributed by atoms with Crippen LogP contribution in [0.15, 0.2) is 60.7 Å². The molecule has 0 radical (unpaired) electrons. The molecule has 0 bridgehead atoms. The normalized spacial score (nSPS) is 10.8. The number of methoxy groups -OCH3 is 1. The van der Waals surface area contributed by atoms with Crippen molar-refractivity contribution in [3.05, 3.63) is 71.9 Å². The van der Waals surface area contributed by atoms with Gasteiger partial charge in [0, 0.05) is 16.5 Å². The van der Waals surface area contributed by atoms with Crippen molar-refractivity contribution >= 4 is 17.3 Å². The highest BCUT2D eigenvalue weighted by Crippen LogP contribution is 2.28. The van der Waals surface area contributed by atoms with Gasteiger partial charge in [-0.1, -0.05) is 18.2 Å². The Morgan fingerprint density at radius 3 is 2.42 bits per heavy atom. The minimum absolute atomic E-state index is 0.540. The van der Waals surface area contributed by atoms with Crippen molar-refractivity contribution in [3.63, 3.8) is 0 Å². The van der Waals surface area contributed by atoms with Crippen LogP contribution in [0, 0.1) is 6.92 Å². The zero-order valence-corrected chi connectivity index (χ0v) is 14.5. The van der Waals surface area contributed by atoms with Crippen molar-refractivity contribution in [3.8, 4) is 22.7 Å². The quantitative estimate of drug-likeness (QED) is 0.521. The Morgan fingerprint density at radius 2 is 1.77 bits per heavy atom. The summed E-state index contributed by atoms with van der Waals surface area (Å²) in [6.45, 7) is 1.92. The molecule has 0 amide bonds. The van der Waals surface area contributed by atoms with E-state index in [-0.39, 0.29) is 0 Å². The van der Waals surface area contributed by atoms with Crippen molar-refractivity contribution in [2.75, 3.05) is 7.11 Å². The first kappa shape index (κ1) is 16.0. The molecule has 0 atom stereocenters. The molecule has 4 rings (SSSR count). The predicted octanol–water partition coefficient (Wildman–Crippen LogP) is 4.22. The molecule has 5 nitrogen and oxygen atoms in total. The first-order chi connectivity index (χ1) is 12.7. The van der Waals surface area contributed by atoms with E-state index in [1.54, 1.807) is 7.11 Å². The van der Waals surface area contributed by atoms with Gasteiger partial charge in [0.05, 0.1) is 24.2 Å². The van der Waals surface area contributed by atoms with E-state index in [1.165, 1.54) is 0 Å². The number of hydrogen-bond donors (Lipinski definition) is 0. The second kappa shape index (κ2) is 6.44. The molecule has 0 saturated heterocycles. The highest BCUT2D eigenvalue weighted by atomic mass is 16.5. The molecular formula is C21H17N3O2. The van der Waals surface area contributed by atoms with Crippen LogP contribution in [0.5, 0.6) is 5.75 Å². The lowest BCUT2D eigenvalue weighted by Crippen LogP contribution is -2.00. The third-order valence-corrected chi connectivity index (χ3v) is 4.36. The summed E-state index contributed by atoms with van der Waals surface area (Å²) in [5.74, 6) is 0.757. The van der Waals surface area contributed by atoms with E-state index in [9.17, 15) is 4.79 Å². The minimum atomic E-state index is 0.540. The zero-order chi connectivity index (χ0) is 18.1. The van der Waals surface area contributed by atoms with Crippen LogP contribution in [0.4, 0.5) is 0 Å². The number of nitrogens with zero attached hydrogens (tertiary/aromatic N) is 3. The van der Waals surface area contributed by atoms with Gasteiger partial charge in [-0.05, 0) is 49.4 Å². The van der Waals surface area contributed by atoms with E-state index in [2.05, 4.69) is 5.10 Å². The van der Waals surface area contributed by atoms with Crippen LogP contribution in [0.3, 0.4) is 0 Å². The summed E-state index contributed by atoms with van der Waals surface area (Å²) in [6.07, 6.45) is 0.839. The molecule has 4 aromatic rings. The van der Waals surface area contributed by atoms with Crippen molar-refractivity contribution in [2.45, 2.75) is 6.92 Å². The SMILES string of the molecule is COc1ccc(-c2nc3c(cc2C=O)c(C)nn3-c2ccccc2)cc1. The number of pyridine rings is 1. The molecule has 0 aliphatic heterocycles. The van der Waals surface area contributed by atoms with Crippen LogP contribution < -0.4 is 4.74 Å². The van der Waals surface area contributed by atoms with Gasteiger partial charge in [0.2, 0.25) is 0 Å². The summed E-state index contributed by atoms with van der Waals surface area (Å²) < 4.78 is 7.02. The van der Waals surface area contributed by atoms with E-state index >= 15 is 0 Å². The lowest BCUT2D eigenvalue weighted by Gasteiger charge is -2.08. The Bertz CT molecular complexity index is 1080. The first-order valence-corrected chi connectivity index (χ1v) is 8.26. The molecule has 5 heteroatoms. The molecule has 0 spiro atoms. The number of aryl methyl sites for hydroxylation is 1. The molecule has 2 aromatic heterocycles. The van der Waals surface area contributed by atoms with Gasteiger partial charge in [-0.25, -0.2) is 9.67 Å². The Balaban J connectivity index is 1.96. The molecule has 0 saturated carbocycles. The molecule has 2 aromatic carbocycles. The number of rotatable bonds is 4. The van der Waals surface area contributed by atoms with Gasteiger partial charge >= 0.3 is 0 Å². The summed E-state index contributed by atoms with van der Waals surface area (Å²) in [6, 6.07) is 19.2. The second-order valence-electron chi connectivity index (χ2n) is 5.98. The van der Waals surface area contributed by atoms with Crippen molar-refractivity contribution < 1.29 is 9.53 Å². The molecule has 2 heterocycles. The van der Waals surface area contributed by atoms with Crippen LogP contribution in [-0.2, 0) is 0 Å². The maximum atomic E-state index is 11.7. The Hall–Kier alpha value is -3.47. The fourth-order valence-electron chi connectivity index (χ4n) is 3.02. The number of ether oxygens (including phenoxy) is 1. The molecule has 0 N–H and O–H groups in total. The molecule has 0 fully saturated rings. The van der Waals surface area contributed by atoms with Crippen LogP contribution >= 0.6 is 0 Å². The summed E-state index contributed by atoms with van der Waals surface area (Å²) in [5, 5.41) is 5.48. The fraction of sp³-hybridized carbons (Fsp3) is 0.0952. The topological polar surface area (TPSA) is 57.0 Å². The number of benzene rings is 2. The van der Waals surface area contributed by atoms with Crippen LogP contribution in [-0.4, -0.2) is 28.2 Å². The zero-order valence-electron chi connectivity index (χ0n) is 14.5. The van der Waals surface area contributed by atoms with Gasteiger partial charge in [-0.2, -0.15) is 5.10 Å². The van der Waals surface area contributed by atoms with E-state index < -0.39 is 0 Å². The van der Waals surface area contributed by atoms with Gasteiger partial charge in [-0.3, -0.25) is 4.79 Å². The monoisotopic (exact) mass is 343 g/mol. The van der Waals surface area contributed by atoms with Gasteiger partial charge < -0.3 is 4.74 Å². The number of carbonyl (C=O) groups excluding carboxylic acids is 1. The van der Waals surface area contributed by atoms with Crippen molar-refractivity contribution in [1.29, 1.82) is 0 Å². The molecule has 0 aliphatic carbocycles. The summed E-state index contributed by atoms with van der Waals surface area (Å²) in [5.41, 5.74) is 4.52. The molecule has 128 valence electrons. The molecule has 0 unspecified atom stereocenters. The number of hydrogen-bond acceptors (Lipinski definition) is 4. The summed E-state index contributed by atoms with van der Waals surface area (Å²) >= 11 is 0. The maximum absolute atomic E-state index is 11.7. The van der Waals surface area contributed by atoms with E-state index in [0.717, 1.165) is 40.0 Å². The van der Waals surface area contributed by atoms with Gasteiger partial charge in [0.15, 0.2) is 11.9 Å². The Kier molecular flexibility index (Phi) is 3.97. The lowest BCUT2D eigenvalue weighted by molar-refractivity contribution is 0.112. The number of aromatic nitrogens is 3. The van der Waals surface area contributed by atoms with Crippen LogP contribution in [0.25, 0.3) is 28.0 Å². The second-order valence-corrected chi connectivity index (χ2v) is 5.98. The Morgan fingerprint density at radius 1 is 1.04 bits per heavy atom. The minimum Gasteiger partial charge on any atom is -0.497 e. The lowest BCUT2D eigenvalue weighted by atomic mass is 10.0. The molecular weight excluding hydrogens is 326 g/mol. The number of aldehydes is 1. The van der Waals surface area contributed by atoms with E-state index in [0.29, 0.717) is 11.3 Å². The van der Waals surface area contributed by atoms with E-state index in [1.807, 2.05) is 72.3 Å². The number of fused-ring (bicyclic) bond motifs is 1. The standard InChI is InChI=1S/C21H17N3O2/c1-14-19-12-16(13-25)20(15-8-10-18(26-2)11-9-15)22-21(19)24(23-14)17-6-4-3-5-7-17/h3-13H,1-2H3. The smallest absolute Gasteiger partial charge is 0.163 e. The van der Waals surface area contributed by atoms with Gasteiger partial charge in [0.1, 0.15) is 5.75 Å². The Labute approximate surface area is 150 Å². The molecule has 0 aliphatic rings. The number of carbonyl (C=O) groups is 1. The van der Waals surface area contributed by atoms with Crippen molar-refractivity contribution in [1.82, 2.24) is 14.8 Å². The average Bonchev–Trinajstić information content (AvgIpc) is 3.03. The third kappa shape index (κ3) is 2.63.